The Labute approximate surface area is 476 Å². The normalized spacial score (nSPS) is 12.8. The van der Waals surface area contributed by atoms with Crippen LogP contribution >= 0.6 is 0 Å². The van der Waals surface area contributed by atoms with Crippen LogP contribution in [-0.4, -0.2) is 37.2 Å². The lowest BCUT2D eigenvalue weighted by Crippen LogP contribution is -2.30. The molecule has 6 nitrogen and oxygen atoms in total. The van der Waals surface area contributed by atoms with Gasteiger partial charge in [-0.3, -0.25) is 14.4 Å². The number of ether oxygens (including phenoxy) is 3. The predicted octanol–water partition coefficient (Wildman–Crippen LogP) is 22.2. The molecule has 77 heavy (non-hydrogen) atoms. The van der Waals surface area contributed by atoms with E-state index in [2.05, 4.69) is 124 Å². The number of esters is 3. The summed E-state index contributed by atoms with van der Waals surface area (Å²) in [5.74, 6) is -0.994. The van der Waals surface area contributed by atoms with Gasteiger partial charge in [-0.25, -0.2) is 0 Å². The molecule has 440 valence electrons. The molecule has 1 atom stereocenters. The highest BCUT2D eigenvalue weighted by Gasteiger charge is 2.19. The van der Waals surface area contributed by atoms with Crippen LogP contribution in [0.3, 0.4) is 0 Å². The van der Waals surface area contributed by atoms with Crippen LogP contribution in [-0.2, 0) is 28.6 Å². The predicted molar refractivity (Wildman–Crippen MR) is 334 cm³/mol. The first-order valence-electron chi connectivity index (χ1n) is 32.4. The fourth-order valence-electron chi connectivity index (χ4n) is 8.91. The molecule has 1 unspecified atom stereocenters. The first kappa shape index (κ1) is 73.1. The molecule has 0 aromatic heterocycles. The lowest BCUT2D eigenvalue weighted by Gasteiger charge is -2.18. The zero-order valence-corrected chi connectivity index (χ0v) is 50.4. The average molecular weight is 1070 g/mol. The van der Waals surface area contributed by atoms with Crippen molar-refractivity contribution in [3.8, 4) is 0 Å². The van der Waals surface area contributed by atoms with Crippen molar-refractivity contribution in [3.05, 3.63) is 109 Å². The fraction of sp³-hybridized carbons (Fsp3) is 0.704. The van der Waals surface area contributed by atoms with Crippen molar-refractivity contribution >= 4 is 17.9 Å². The Morgan fingerprint density at radius 3 is 0.857 bits per heavy atom. The summed E-state index contributed by atoms with van der Waals surface area (Å²) in [4.78, 5) is 38.3. The van der Waals surface area contributed by atoms with Gasteiger partial charge in [0.1, 0.15) is 13.2 Å². The summed E-state index contributed by atoms with van der Waals surface area (Å²) < 4.78 is 16.9. The summed E-state index contributed by atoms with van der Waals surface area (Å²) in [6.07, 6.45) is 88.2. The van der Waals surface area contributed by atoms with Gasteiger partial charge >= 0.3 is 17.9 Å². The van der Waals surface area contributed by atoms with E-state index in [0.29, 0.717) is 19.3 Å². The highest BCUT2D eigenvalue weighted by molar-refractivity contribution is 5.71. The van der Waals surface area contributed by atoms with Gasteiger partial charge in [-0.05, 0) is 116 Å². The van der Waals surface area contributed by atoms with Gasteiger partial charge in [0, 0.05) is 19.3 Å². The maximum atomic E-state index is 12.9. The molecule has 0 heterocycles. The van der Waals surface area contributed by atoms with E-state index in [1.54, 1.807) is 0 Å². The third-order valence-electron chi connectivity index (χ3n) is 13.7. The highest BCUT2D eigenvalue weighted by Crippen LogP contribution is 2.15. The lowest BCUT2D eigenvalue weighted by atomic mass is 10.0. The Morgan fingerprint density at radius 2 is 0.532 bits per heavy atom. The van der Waals surface area contributed by atoms with E-state index in [4.69, 9.17) is 14.2 Å². The van der Waals surface area contributed by atoms with Crippen molar-refractivity contribution in [2.75, 3.05) is 13.2 Å². The van der Waals surface area contributed by atoms with Gasteiger partial charge in [0.2, 0.25) is 0 Å². The highest BCUT2D eigenvalue weighted by atomic mass is 16.6. The SMILES string of the molecule is CC/C=C\C/C=C\C/C=C\C/C=C\C/C=C\C/C=C\CCC(=O)OC(COC(=O)CCCCCCCCC/C=C\CCCCCCCC)COC(=O)CCCCCCCCCCCCC/C=C\C/C=C\CCCCCCC. The Kier molecular flexibility index (Phi) is 61.3. The van der Waals surface area contributed by atoms with Crippen LogP contribution in [0.4, 0.5) is 0 Å². The van der Waals surface area contributed by atoms with Gasteiger partial charge in [0.05, 0.1) is 0 Å². The molecule has 0 amide bonds. The van der Waals surface area contributed by atoms with E-state index in [9.17, 15) is 14.4 Å². The summed E-state index contributed by atoms with van der Waals surface area (Å²) in [5, 5.41) is 0. The van der Waals surface area contributed by atoms with Crippen LogP contribution in [0.1, 0.15) is 303 Å². The second-order valence-corrected chi connectivity index (χ2v) is 21.3. The van der Waals surface area contributed by atoms with Gasteiger partial charge < -0.3 is 14.2 Å². The third kappa shape index (κ3) is 62.8. The van der Waals surface area contributed by atoms with E-state index >= 15 is 0 Å². The van der Waals surface area contributed by atoms with Crippen LogP contribution in [0, 0.1) is 0 Å². The van der Waals surface area contributed by atoms with Crippen LogP contribution in [0.15, 0.2) is 109 Å². The molecule has 0 fully saturated rings. The smallest absolute Gasteiger partial charge is 0.306 e. The minimum atomic E-state index is -0.824. The van der Waals surface area contributed by atoms with Crippen LogP contribution in [0.2, 0.25) is 0 Å². The van der Waals surface area contributed by atoms with Gasteiger partial charge in [-0.2, -0.15) is 0 Å². The zero-order chi connectivity index (χ0) is 55.7. The van der Waals surface area contributed by atoms with Crippen LogP contribution in [0.5, 0.6) is 0 Å². The Balaban J connectivity index is 4.47. The van der Waals surface area contributed by atoms with Crippen molar-refractivity contribution in [2.45, 2.75) is 309 Å². The van der Waals surface area contributed by atoms with Crippen molar-refractivity contribution in [1.29, 1.82) is 0 Å². The molecule has 0 aliphatic heterocycles. The second kappa shape index (κ2) is 64.6. The summed E-state index contributed by atoms with van der Waals surface area (Å²) in [6.45, 7) is 6.47. The quantitative estimate of drug-likeness (QED) is 0.0261. The fourth-order valence-corrected chi connectivity index (χ4v) is 8.91. The number of hydrogen-bond donors (Lipinski definition) is 0. The van der Waals surface area contributed by atoms with Crippen molar-refractivity contribution in [1.82, 2.24) is 0 Å². The molecule has 0 bridgehead atoms. The molecule has 6 heteroatoms. The van der Waals surface area contributed by atoms with E-state index in [-0.39, 0.29) is 31.6 Å². The van der Waals surface area contributed by atoms with E-state index in [0.717, 1.165) is 83.5 Å². The number of rotatable bonds is 58. The van der Waals surface area contributed by atoms with Crippen LogP contribution < -0.4 is 0 Å². The van der Waals surface area contributed by atoms with Gasteiger partial charge in [0.15, 0.2) is 6.10 Å². The molecule has 0 radical (unpaired) electrons. The standard InChI is InChI=1S/C71H120O6/c1-4-7-10-13-16-19-22-25-28-31-33-34-35-36-38-40-43-46-49-52-55-58-61-64-70(73)76-67-68(66-75-69(72)63-60-57-54-51-48-45-42-39-30-27-24-21-18-15-12-9-6-3)77-71(74)65-62-59-56-53-50-47-44-41-37-32-29-26-23-20-17-14-11-8-5-2/h8,11,17,20,22,25-27,29-31,33,37,41,47,50,56,59,68H,4-7,9-10,12-16,18-19,21,23-24,28,32,34-36,38-40,42-46,48-49,51-55,57-58,60-67H2,1-3H3/b11-8-,20-17-,25-22-,29-26-,30-27-,33-31-,41-37-,50-47-,59-56-. The van der Waals surface area contributed by atoms with Gasteiger partial charge in [0.25, 0.3) is 0 Å². The van der Waals surface area contributed by atoms with E-state index < -0.39 is 12.1 Å². The molecule has 0 aliphatic carbocycles. The third-order valence-corrected chi connectivity index (χ3v) is 13.7. The largest absolute Gasteiger partial charge is 0.462 e. The molecule has 0 aliphatic rings. The first-order valence-corrected chi connectivity index (χ1v) is 32.4. The van der Waals surface area contributed by atoms with Gasteiger partial charge in [-0.15, -0.1) is 0 Å². The molecular formula is C71H120O6. The van der Waals surface area contributed by atoms with E-state index in [1.165, 1.54) is 173 Å². The monoisotopic (exact) mass is 1070 g/mol. The van der Waals surface area contributed by atoms with Crippen molar-refractivity contribution in [3.63, 3.8) is 0 Å². The molecule has 0 spiro atoms. The van der Waals surface area contributed by atoms with E-state index in [1.807, 2.05) is 6.08 Å². The first-order chi connectivity index (χ1) is 38.0. The molecule has 0 aromatic rings. The summed E-state index contributed by atoms with van der Waals surface area (Å²) in [7, 11) is 0. The summed E-state index contributed by atoms with van der Waals surface area (Å²) >= 11 is 0. The molecule has 0 N–H and O–H groups in total. The number of carbonyl (C=O) groups is 3. The average Bonchev–Trinajstić information content (AvgIpc) is 3.43. The number of allylic oxidation sites excluding steroid dienone is 18. The minimum absolute atomic E-state index is 0.111. The molecule has 0 aromatic carbocycles. The maximum Gasteiger partial charge on any atom is 0.306 e. The molecule has 0 rings (SSSR count). The number of carbonyl (C=O) groups excluding carboxylic acids is 3. The van der Waals surface area contributed by atoms with Crippen LogP contribution in [0.25, 0.3) is 0 Å². The topological polar surface area (TPSA) is 78.9 Å². The Morgan fingerprint density at radius 1 is 0.273 bits per heavy atom. The van der Waals surface area contributed by atoms with Crippen molar-refractivity contribution in [2.24, 2.45) is 0 Å². The Hall–Kier alpha value is -3.93. The summed E-state index contributed by atoms with van der Waals surface area (Å²) in [5.41, 5.74) is 0. The molecule has 0 saturated heterocycles. The van der Waals surface area contributed by atoms with Gasteiger partial charge in [-0.1, -0.05) is 278 Å². The molecular weight excluding hydrogens is 949 g/mol. The lowest BCUT2D eigenvalue weighted by molar-refractivity contribution is -0.166. The maximum absolute atomic E-state index is 12.9. The zero-order valence-electron chi connectivity index (χ0n) is 50.4. The number of unbranched alkanes of at least 4 members (excludes halogenated alkanes) is 29. The molecule has 0 saturated carbocycles. The van der Waals surface area contributed by atoms with Crippen molar-refractivity contribution < 1.29 is 28.6 Å². The summed E-state index contributed by atoms with van der Waals surface area (Å²) in [6, 6.07) is 0. The Bertz CT molecular complexity index is 1560. The number of hydrogen-bond acceptors (Lipinski definition) is 6. The second-order valence-electron chi connectivity index (χ2n) is 21.3. The minimum Gasteiger partial charge on any atom is -0.462 e.